The molecule has 2 aromatic rings. The van der Waals surface area contributed by atoms with E-state index in [4.69, 9.17) is 16.3 Å². The number of halogens is 1. The quantitative estimate of drug-likeness (QED) is 0.396. The number of allylic oxidation sites excluding steroid dienone is 1. The van der Waals surface area contributed by atoms with Gasteiger partial charge in [-0.2, -0.15) is 0 Å². The molecule has 232 valence electrons. The number of ether oxygens (including phenoxy) is 1. The topological polar surface area (TPSA) is 95.9 Å². The maximum absolute atomic E-state index is 13.5. The molecule has 0 aromatic heterocycles. The molecule has 2 N–H and O–H groups in total. The number of rotatable bonds is 2. The van der Waals surface area contributed by atoms with Crippen LogP contribution in [0.4, 0.5) is 5.69 Å². The van der Waals surface area contributed by atoms with Gasteiger partial charge >= 0.3 is 0 Å². The summed E-state index contributed by atoms with van der Waals surface area (Å²) in [7, 11) is -3.93. The number of amides is 1. The smallest absolute Gasteiger partial charge is 0.264 e. The van der Waals surface area contributed by atoms with Crippen LogP contribution < -0.4 is 14.4 Å². The summed E-state index contributed by atoms with van der Waals surface area (Å²) in [6, 6.07) is 11.4. The van der Waals surface area contributed by atoms with E-state index < -0.39 is 27.3 Å². The molecule has 2 aliphatic heterocycles. The van der Waals surface area contributed by atoms with E-state index in [-0.39, 0.29) is 23.2 Å². The minimum atomic E-state index is -3.93. The maximum Gasteiger partial charge on any atom is 0.264 e. The van der Waals surface area contributed by atoms with Gasteiger partial charge in [-0.05, 0) is 104 Å². The zero-order valence-corrected chi connectivity index (χ0v) is 26.7. The van der Waals surface area contributed by atoms with Crippen LogP contribution in [0.3, 0.4) is 0 Å². The van der Waals surface area contributed by atoms with E-state index in [1.54, 1.807) is 18.2 Å². The number of carbonyl (C=O) groups is 1. The Bertz CT molecular complexity index is 1510. The van der Waals surface area contributed by atoms with E-state index in [1.165, 1.54) is 11.1 Å². The number of hydrogen-bond acceptors (Lipinski definition) is 6. The average Bonchev–Trinajstić information content (AvgIpc) is 3.10. The summed E-state index contributed by atoms with van der Waals surface area (Å²) in [6.07, 6.45) is 9.79. The van der Waals surface area contributed by atoms with Crippen LogP contribution in [0, 0.1) is 17.8 Å². The number of aliphatic hydroxyl groups excluding tert-OH is 1. The van der Waals surface area contributed by atoms with Gasteiger partial charge in [0.15, 0.2) is 0 Å². The summed E-state index contributed by atoms with van der Waals surface area (Å²) in [4.78, 5) is 15.8. The number of benzene rings is 2. The Kier molecular flexibility index (Phi) is 8.57. The Morgan fingerprint density at radius 1 is 1.19 bits per heavy atom. The molecule has 7 nitrogen and oxygen atoms in total. The Hall–Kier alpha value is -2.55. The van der Waals surface area contributed by atoms with E-state index in [0.717, 1.165) is 49.4 Å². The third-order valence-corrected chi connectivity index (χ3v) is 12.6. The fraction of sp³-hybridized carbons (Fsp3) is 0.559. The van der Waals surface area contributed by atoms with Gasteiger partial charge in [0.05, 0.1) is 23.6 Å². The number of sulfonamides is 1. The number of nitrogens with one attached hydrogen (secondary N) is 1. The standard InChI is InChI=1S/C34H43ClN2O5S/c1-3-6-32-22(2)7-4-9-30(38)27-13-10-25(27)19-37-20-34(16-5-8-23-17-26(35)12-14-28(23)34)21-42-31-15-11-24(18-29(31)37)33(39)36-43(32,40)41/h4,9,11-12,14-15,17-18,22,25,27,30,32,38H,3,5-8,10,13,16,19-21H2,1-2H3,(H,36,39)/b9-4-/t22-,25+,27-,30?,32+,34+/m1/s1. The number of hydrogen-bond donors (Lipinski definition) is 2. The molecule has 0 radical (unpaired) electrons. The molecular formula is C34H43ClN2O5S. The van der Waals surface area contributed by atoms with Crippen LogP contribution in [0.1, 0.15) is 80.3 Å². The zero-order chi connectivity index (χ0) is 30.4. The molecule has 6 rings (SSSR count). The second kappa shape index (κ2) is 12.1. The predicted molar refractivity (Wildman–Crippen MR) is 170 cm³/mol. The SMILES string of the molecule is CCC[C@H]1[C@H](C)C/C=C\C(O)[C@@H]2CC[C@H]2CN2C[C@@]3(CCCc4cc(Cl)ccc43)COc3ccc(cc32)C(=O)NS1(=O)=O. The van der Waals surface area contributed by atoms with Crippen molar-refractivity contribution in [2.45, 2.75) is 82.0 Å². The monoisotopic (exact) mass is 626 g/mol. The van der Waals surface area contributed by atoms with Gasteiger partial charge in [-0.3, -0.25) is 4.79 Å². The number of aliphatic hydroxyl groups is 1. The molecule has 1 amide bonds. The first-order chi connectivity index (χ1) is 20.6. The number of nitrogens with zero attached hydrogens (tertiary/aromatic N) is 1. The van der Waals surface area contributed by atoms with E-state index in [1.807, 2.05) is 32.1 Å². The van der Waals surface area contributed by atoms with Crippen LogP contribution in [0.2, 0.25) is 5.02 Å². The van der Waals surface area contributed by atoms with Crippen molar-refractivity contribution >= 4 is 33.2 Å². The first-order valence-corrected chi connectivity index (χ1v) is 17.7. The molecule has 2 heterocycles. The highest BCUT2D eigenvalue weighted by molar-refractivity contribution is 7.90. The van der Waals surface area contributed by atoms with Crippen LogP contribution in [-0.2, 0) is 21.9 Å². The molecule has 2 bridgehead atoms. The van der Waals surface area contributed by atoms with E-state index in [9.17, 15) is 18.3 Å². The van der Waals surface area contributed by atoms with E-state index in [2.05, 4.69) is 21.8 Å². The summed E-state index contributed by atoms with van der Waals surface area (Å²) >= 11 is 6.39. The van der Waals surface area contributed by atoms with Crippen LogP contribution in [0.15, 0.2) is 48.6 Å². The average molecular weight is 627 g/mol. The highest BCUT2D eigenvalue weighted by Crippen LogP contribution is 2.46. The number of carbonyl (C=O) groups excluding carboxylic acids is 1. The molecule has 2 aromatic carbocycles. The normalized spacial score (nSPS) is 32.8. The summed E-state index contributed by atoms with van der Waals surface area (Å²) in [5, 5.41) is 11.2. The Balaban J connectivity index is 1.42. The fourth-order valence-electron chi connectivity index (χ4n) is 7.83. The summed E-state index contributed by atoms with van der Waals surface area (Å²) in [6.45, 7) is 5.77. The summed E-state index contributed by atoms with van der Waals surface area (Å²) in [5.74, 6) is 0.271. The van der Waals surface area contributed by atoms with Crippen molar-refractivity contribution in [3.05, 3.63) is 70.3 Å². The molecular weight excluding hydrogens is 584 g/mol. The van der Waals surface area contributed by atoms with Crippen molar-refractivity contribution < 1.29 is 23.1 Å². The zero-order valence-electron chi connectivity index (χ0n) is 25.1. The number of aryl methyl sites for hydroxylation is 1. The predicted octanol–water partition coefficient (Wildman–Crippen LogP) is 6.02. The lowest BCUT2D eigenvalue weighted by atomic mass is 9.68. The minimum absolute atomic E-state index is 0.127. The van der Waals surface area contributed by atoms with Crippen molar-refractivity contribution in [2.24, 2.45) is 17.8 Å². The van der Waals surface area contributed by atoms with Gasteiger partial charge < -0.3 is 14.7 Å². The Labute approximate surface area is 260 Å². The van der Waals surface area contributed by atoms with Crippen LogP contribution >= 0.6 is 11.6 Å². The highest BCUT2D eigenvalue weighted by Gasteiger charge is 2.44. The third kappa shape index (κ3) is 5.95. The second-order valence-electron chi connectivity index (χ2n) is 13.2. The number of fused-ring (bicyclic) bond motifs is 4. The first kappa shape index (κ1) is 30.5. The third-order valence-electron chi connectivity index (χ3n) is 10.4. The van der Waals surface area contributed by atoms with Crippen molar-refractivity contribution in [3.63, 3.8) is 0 Å². The highest BCUT2D eigenvalue weighted by atomic mass is 35.5. The van der Waals surface area contributed by atoms with Crippen molar-refractivity contribution in [1.29, 1.82) is 0 Å². The molecule has 4 aliphatic rings. The maximum atomic E-state index is 13.5. The van der Waals surface area contributed by atoms with Gasteiger partial charge in [0.2, 0.25) is 10.0 Å². The van der Waals surface area contributed by atoms with Crippen molar-refractivity contribution in [1.82, 2.24) is 4.72 Å². The van der Waals surface area contributed by atoms with Crippen LogP contribution in [-0.4, -0.2) is 50.5 Å². The molecule has 0 saturated heterocycles. The molecule has 2 aliphatic carbocycles. The Morgan fingerprint density at radius 3 is 2.79 bits per heavy atom. The summed E-state index contributed by atoms with van der Waals surface area (Å²) in [5.41, 5.74) is 3.35. The lowest BCUT2D eigenvalue weighted by Gasteiger charge is -2.45. The molecule has 1 saturated carbocycles. The van der Waals surface area contributed by atoms with Crippen molar-refractivity contribution in [3.8, 4) is 5.75 Å². The van der Waals surface area contributed by atoms with Crippen LogP contribution in [0.25, 0.3) is 0 Å². The second-order valence-corrected chi connectivity index (χ2v) is 15.6. The number of anilines is 1. The molecule has 1 spiro atoms. The molecule has 1 fully saturated rings. The molecule has 6 atom stereocenters. The minimum Gasteiger partial charge on any atom is -0.490 e. The van der Waals surface area contributed by atoms with Gasteiger partial charge in [0, 0.05) is 29.1 Å². The summed E-state index contributed by atoms with van der Waals surface area (Å²) < 4.78 is 36.0. The van der Waals surface area contributed by atoms with E-state index in [0.29, 0.717) is 43.7 Å². The lowest BCUT2D eigenvalue weighted by Crippen LogP contribution is -2.49. The first-order valence-electron chi connectivity index (χ1n) is 15.8. The molecule has 9 heteroatoms. The molecule has 43 heavy (non-hydrogen) atoms. The van der Waals surface area contributed by atoms with E-state index >= 15 is 0 Å². The van der Waals surface area contributed by atoms with Gasteiger partial charge in [-0.25, -0.2) is 13.1 Å². The van der Waals surface area contributed by atoms with Gasteiger partial charge in [0.1, 0.15) is 5.75 Å². The van der Waals surface area contributed by atoms with Gasteiger partial charge in [-0.15, -0.1) is 0 Å². The largest absolute Gasteiger partial charge is 0.490 e. The fourth-order valence-corrected chi connectivity index (χ4v) is 9.82. The van der Waals surface area contributed by atoms with Gasteiger partial charge in [0.25, 0.3) is 5.91 Å². The molecule has 1 unspecified atom stereocenters. The van der Waals surface area contributed by atoms with Gasteiger partial charge in [-0.1, -0.05) is 50.1 Å². The Morgan fingerprint density at radius 2 is 2.02 bits per heavy atom. The van der Waals surface area contributed by atoms with Crippen molar-refractivity contribution in [2.75, 3.05) is 24.6 Å². The lowest BCUT2D eigenvalue weighted by molar-refractivity contribution is 0.0455. The van der Waals surface area contributed by atoms with Crippen LogP contribution in [0.5, 0.6) is 5.75 Å².